The van der Waals surface area contributed by atoms with E-state index in [4.69, 9.17) is 9.97 Å². The van der Waals surface area contributed by atoms with Gasteiger partial charge in [-0.2, -0.15) is 28.1 Å². The molecule has 1 aliphatic carbocycles. The van der Waals surface area contributed by atoms with E-state index in [1.807, 2.05) is 18.3 Å². The molecule has 0 spiro atoms. The van der Waals surface area contributed by atoms with Gasteiger partial charge in [-0.1, -0.05) is 26.0 Å². The molecule has 10 heteroatoms. The molecule has 1 aromatic carbocycles. The fourth-order valence-corrected chi connectivity index (χ4v) is 4.79. The molecule has 0 amide bonds. The van der Waals surface area contributed by atoms with Crippen LogP contribution < -0.4 is 5.32 Å². The van der Waals surface area contributed by atoms with Gasteiger partial charge in [0.25, 0.3) is 0 Å². The van der Waals surface area contributed by atoms with Crippen molar-refractivity contribution >= 4 is 36.0 Å². The van der Waals surface area contributed by atoms with Gasteiger partial charge in [0.2, 0.25) is 5.95 Å². The molecule has 0 unspecified atom stereocenters. The second-order valence-electron chi connectivity index (χ2n) is 9.12. The Kier molecular flexibility index (Phi) is 5.84. The van der Waals surface area contributed by atoms with E-state index in [9.17, 15) is 9.50 Å². The Morgan fingerprint density at radius 3 is 2.86 bits per heavy atom. The molecule has 8 nitrogen and oxygen atoms in total. The van der Waals surface area contributed by atoms with E-state index in [0.717, 1.165) is 47.6 Å². The molecule has 180 valence electrons. The molecule has 1 aliphatic rings. The number of aromatic hydroxyl groups is 1. The van der Waals surface area contributed by atoms with Gasteiger partial charge in [0.05, 0.1) is 17.9 Å². The van der Waals surface area contributed by atoms with Crippen molar-refractivity contribution in [2.24, 2.45) is 0 Å². The molecule has 0 saturated carbocycles. The van der Waals surface area contributed by atoms with Crippen LogP contribution in [-0.4, -0.2) is 40.7 Å². The van der Waals surface area contributed by atoms with Crippen molar-refractivity contribution < 1.29 is 9.50 Å². The number of H-pyrrole nitrogens is 1. The zero-order valence-corrected chi connectivity index (χ0v) is 20.4. The summed E-state index contributed by atoms with van der Waals surface area (Å²) in [6.45, 7) is 4.18. The van der Waals surface area contributed by atoms with Gasteiger partial charge in [-0.15, -0.1) is 0 Å². The summed E-state index contributed by atoms with van der Waals surface area (Å²) in [7, 11) is 0. The summed E-state index contributed by atoms with van der Waals surface area (Å²) in [5.74, 6) is 1.01. The molecule has 5 aromatic rings. The van der Waals surface area contributed by atoms with Crippen molar-refractivity contribution in [1.29, 1.82) is 0 Å². The smallest absolute Gasteiger partial charge is 0.228 e. The maximum absolute atomic E-state index is 13.9. The van der Waals surface area contributed by atoms with Crippen LogP contribution in [-0.2, 0) is 12.8 Å². The first-order valence-electron chi connectivity index (χ1n) is 11.4. The molecular formula is C25H26FN7OS. The van der Waals surface area contributed by atoms with Crippen molar-refractivity contribution in [3.05, 3.63) is 65.5 Å². The Bertz CT molecular complexity index is 1540. The lowest BCUT2D eigenvalue weighted by Gasteiger charge is -2.24. The lowest BCUT2D eigenvalue weighted by Crippen LogP contribution is -2.29. The van der Waals surface area contributed by atoms with Gasteiger partial charge in [-0.3, -0.25) is 4.98 Å². The highest BCUT2D eigenvalue weighted by Gasteiger charge is 2.25. The number of hydrogen-bond acceptors (Lipinski definition) is 6. The minimum absolute atomic E-state index is 0. The number of phenolic OH excluding ortho intramolecular Hbond substituents is 1. The van der Waals surface area contributed by atoms with E-state index in [2.05, 4.69) is 34.2 Å². The molecule has 35 heavy (non-hydrogen) atoms. The van der Waals surface area contributed by atoms with E-state index in [0.29, 0.717) is 23.0 Å². The molecular weight excluding hydrogens is 465 g/mol. The summed E-state index contributed by atoms with van der Waals surface area (Å²) in [6.07, 6.45) is 7.06. The highest BCUT2D eigenvalue weighted by molar-refractivity contribution is 7.59. The van der Waals surface area contributed by atoms with Gasteiger partial charge < -0.3 is 15.4 Å². The molecule has 3 N–H and O–H groups in total. The number of nitrogens with zero attached hydrogens (tertiary/aromatic N) is 5. The first kappa shape index (κ1) is 23.1. The summed E-state index contributed by atoms with van der Waals surface area (Å²) in [5.41, 5.74) is 5.36. The van der Waals surface area contributed by atoms with Crippen LogP contribution in [0.1, 0.15) is 43.0 Å². The van der Waals surface area contributed by atoms with Gasteiger partial charge in [0, 0.05) is 34.4 Å². The number of pyridine rings is 1. The summed E-state index contributed by atoms with van der Waals surface area (Å²) in [6, 6.07) is 7.10. The standard InChI is InChI=1S/C25H24FN7O.H2S/c1-13(2)19-12-28-33-24(19)31-23(14-8-15(26)11-27-10-14)32-25(33)29-16-6-7-20-18(9-16)17-4-3-5-21(34)22(17)30-20;/h3-5,8,10-13,16,30,34H,6-7,9H2,1-2H3,(H,29,31,32);1H2/t16-;/m0./s1. The number of aryl methyl sites for hydroxylation is 1. The Morgan fingerprint density at radius 1 is 1.20 bits per heavy atom. The van der Waals surface area contributed by atoms with Crippen LogP contribution in [0.25, 0.3) is 27.9 Å². The number of nitrogens with one attached hydrogen (secondary N) is 2. The maximum Gasteiger partial charge on any atom is 0.228 e. The number of aromatic nitrogens is 6. The normalized spacial score (nSPS) is 15.4. The molecule has 6 rings (SSSR count). The van der Waals surface area contributed by atoms with Crippen molar-refractivity contribution in [1.82, 2.24) is 29.5 Å². The zero-order valence-electron chi connectivity index (χ0n) is 19.4. The van der Waals surface area contributed by atoms with Crippen LogP contribution >= 0.6 is 13.5 Å². The van der Waals surface area contributed by atoms with Gasteiger partial charge in [-0.05, 0) is 42.9 Å². The van der Waals surface area contributed by atoms with Crippen molar-refractivity contribution in [3.8, 4) is 17.1 Å². The van der Waals surface area contributed by atoms with Gasteiger partial charge in [0.1, 0.15) is 11.6 Å². The molecule has 4 heterocycles. The minimum Gasteiger partial charge on any atom is -0.506 e. The van der Waals surface area contributed by atoms with E-state index in [1.54, 1.807) is 16.8 Å². The highest BCUT2D eigenvalue weighted by Crippen LogP contribution is 2.34. The van der Waals surface area contributed by atoms with Crippen molar-refractivity contribution in [3.63, 3.8) is 0 Å². The quantitative estimate of drug-likeness (QED) is 0.336. The third-order valence-corrected chi connectivity index (χ3v) is 6.51. The number of hydrogen-bond donors (Lipinski definition) is 3. The van der Waals surface area contributed by atoms with E-state index in [1.165, 1.54) is 11.6 Å². The van der Waals surface area contributed by atoms with Crippen LogP contribution in [0.3, 0.4) is 0 Å². The fourth-order valence-electron chi connectivity index (χ4n) is 4.79. The zero-order chi connectivity index (χ0) is 23.4. The topological polar surface area (TPSA) is 104 Å². The lowest BCUT2D eigenvalue weighted by molar-refractivity contribution is 0.480. The number of anilines is 1. The highest BCUT2D eigenvalue weighted by atomic mass is 32.1. The van der Waals surface area contributed by atoms with Crippen molar-refractivity contribution in [2.45, 2.75) is 45.1 Å². The Balaban J connectivity index is 0.00000253. The van der Waals surface area contributed by atoms with Crippen LogP contribution in [0, 0.1) is 5.82 Å². The number of para-hydroxylation sites is 1. The Labute approximate surface area is 208 Å². The van der Waals surface area contributed by atoms with E-state index >= 15 is 0 Å². The van der Waals surface area contributed by atoms with Crippen LogP contribution in [0.5, 0.6) is 5.75 Å². The average Bonchev–Trinajstić information content (AvgIpc) is 3.42. The van der Waals surface area contributed by atoms with E-state index < -0.39 is 5.82 Å². The first-order chi connectivity index (χ1) is 16.5. The number of aromatic amines is 1. The van der Waals surface area contributed by atoms with Gasteiger partial charge in [0.15, 0.2) is 11.5 Å². The fraction of sp³-hybridized carbons (Fsp3) is 0.280. The summed E-state index contributed by atoms with van der Waals surface area (Å²) in [5, 5.41) is 19.4. The van der Waals surface area contributed by atoms with Crippen molar-refractivity contribution in [2.75, 3.05) is 5.32 Å². The number of halogens is 1. The number of phenols is 1. The summed E-state index contributed by atoms with van der Waals surface area (Å²) in [4.78, 5) is 16.8. The molecule has 4 aromatic heterocycles. The average molecular weight is 492 g/mol. The van der Waals surface area contributed by atoms with Crippen LogP contribution in [0.15, 0.2) is 42.9 Å². The third-order valence-electron chi connectivity index (χ3n) is 6.51. The second kappa shape index (κ2) is 8.84. The van der Waals surface area contributed by atoms with Crippen LogP contribution in [0.2, 0.25) is 0 Å². The first-order valence-corrected chi connectivity index (χ1v) is 11.4. The monoisotopic (exact) mass is 491 g/mol. The van der Waals surface area contributed by atoms with Gasteiger partial charge >= 0.3 is 0 Å². The molecule has 1 atom stereocenters. The van der Waals surface area contributed by atoms with E-state index in [-0.39, 0.29) is 31.2 Å². The number of rotatable bonds is 4. The largest absolute Gasteiger partial charge is 0.506 e. The second-order valence-corrected chi connectivity index (χ2v) is 9.12. The molecule has 0 radical (unpaired) electrons. The maximum atomic E-state index is 13.9. The Hall–Kier alpha value is -3.66. The molecule has 0 fully saturated rings. The summed E-state index contributed by atoms with van der Waals surface area (Å²) < 4.78 is 15.6. The summed E-state index contributed by atoms with van der Waals surface area (Å²) >= 11 is 0. The SMILES string of the molecule is CC(C)c1cnn2c(N[C@H]3CCc4[nH]c5c(O)cccc5c4C3)nc(-c3cncc(F)c3)nc12.S. The third kappa shape index (κ3) is 3.97. The van der Waals surface area contributed by atoms with Crippen LogP contribution in [0.4, 0.5) is 10.3 Å². The molecule has 0 saturated heterocycles. The Morgan fingerprint density at radius 2 is 2.06 bits per heavy atom. The lowest BCUT2D eigenvalue weighted by atomic mass is 9.91. The molecule has 0 bridgehead atoms. The minimum atomic E-state index is -0.435. The van der Waals surface area contributed by atoms with Gasteiger partial charge in [-0.25, -0.2) is 9.37 Å². The predicted octanol–water partition coefficient (Wildman–Crippen LogP) is 4.72. The molecule has 0 aliphatic heterocycles. The predicted molar refractivity (Wildman–Crippen MR) is 138 cm³/mol. The number of benzene rings is 1. The number of fused-ring (bicyclic) bond motifs is 4.